The van der Waals surface area contributed by atoms with Crippen LogP contribution in [0, 0.1) is 0 Å². The van der Waals surface area contributed by atoms with Crippen LogP contribution in [0.3, 0.4) is 0 Å². The largest absolute Gasteiger partial charge is 0.381 e. The van der Waals surface area contributed by atoms with Crippen LogP contribution in [0.5, 0.6) is 0 Å². The van der Waals surface area contributed by atoms with Crippen molar-refractivity contribution < 1.29 is 14.3 Å². The summed E-state index contributed by atoms with van der Waals surface area (Å²) in [7, 11) is 0. The van der Waals surface area contributed by atoms with Gasteiger partial charge in [0.25, 0.3) is 0 Å². The number of hydrogen-bond acceptors (Lipinski definition) is 4. The van der Waals surface area contributed by atoms with E-state index in [1.807, 2.05) is 6.07 Å². The minimum Gasteiger partial charge on any atom is -0.381 e. The highest BCUT2D eigenvalue weighted by Crippen LogP contribution is 2.36. The standard InChI is InChI=1S/C18H26N2O3S/c21-16(17(22)20-14-5-2-1-3-6-14)19-13-18(8-10-23-11-9-18)15-7-4-12-24-15/h4,7,12,14H,1-3,5-6,8-11,13H2,(H,19,21)(H,20,22). The van der Waals surface area contributed by atoms with Crippen molar-refractivity contribution in [2.75, 3.05) is 19.8 Å². The third kappa shape index (κ3) is 4.16. The maximum atomic E-state index is 12.2. The normalized spacial score (nSPS) is 21.2. The molecule has 0 radical (unpaired) electrons. The minimum absolute atomic E-state index is 0.104. The van der Waals surface area contributed by atoms with Gasteiger partial charge in [0.05, 0.1) is 0 Å². The van der Waals surface area contributed by atoms with E-state index in [1.165, 1.54) is 11.3 Å². The number of carbonyl (C=O) groups is 2. The lowest BCUT2D eigenvalue weighted by Gasteiger charge is -2.36. The molecule has 0 aromatic carbocycles. The molecule has 1 aromatic heterocycles. The van der Waals surface area contributed by atoms with Crippen molar-refractivity contribution >= 4 is 23.2 Å². The predicted molar refractivity (Wildman–Crippen MR) is 94.1 cm³/mol. The second-order valence-electron chi connectivity index (χ2n) is 6.86. The highest BCUT2D eigenvalue weighted by molar-refractivity contribution is 7.10. The van der Waals surface area contributed by atoms with Crippen LogP contribution in [0.1, 0.15) is 49.8 Å². The van der Waals surface area contributed by atoms with Gasteiger partial charge >= 0.3 is 11.8 Å². The van der Waals surface area contributed by atoms with Gasteiger partial charge in [0, 0.05) is 36.1 Å². The van der Waals surface area contributed by atoms with Crippen molar-refractivity contribution in [1.82, 2.24) is 10.6 Å². The Morgan fingerprint density at radius 3 is 2.58 bits per heavy atom. The van der Waals surface area contributed by atoms with Gasteiger partial charge in [-0.25, -0.2) is 0 Å². The van der Waals surface area contributed by atoms with Gasteiger partial charge in [-0.15, -0.1) is 11.3 Å². The Bertz CT molecular complexity index is 547. The summed E-state index contributed by atoms with van der Waals surface area (Å²) >= 11 is 1.71. The molecule has 132 valence electrons. The Morgan fingerprint density at radius 2 is 1.92 bits per heavy atom. The minimum atomic E-state index is -0.511. The van der Waals surface area contributed by atoms with Crippen molar-refractivity contribution in [2.24, 2.45) is 0 Å². The number of carbonyl (C=O) groups excluding carboxylic acids is 2. The fraction of sp³-hybridized carbons (Fsp3) is 0.667. The molecule has 2 heterocycles. The summed E-state index contributed by atoms with van der Waals surface area (Å²) in [5.74, 6) is -1.00. The summed E-state index contributed by atoms with van der Waals surface area (Å²) in [4.78, 5) is 25.6. The molecule has 0 unspecified atom stereocenters. The maximum absolute atomic E-state index is 12.2. The summed E-state index contributed by atoms with van der Waals surface area (Å²) in [6, 6.07) is 4.31. The lowest BCUT2D eigenvalue weighted by Crippen LogP contribution is -2.50. The molecule has 0 spiro atoms. The Morgan fingerprint density at radius 1 is 1.17 bits per heavy atom. The molecule has 2 N–H and O–H groups in total. The van der Waals surface area contributed by atoms with Crippen LogP contribution in [0.4, 0.5) is 0 Å². The monoisotopic (exact) mass is 350 g/mol. The number of thiophene rings is 1. The average Bonchev–Trinajstić information content (AvgIpc) is 3.17. The van der Waals surface area contributed by atoms with Crippen molar-refractivity contribution in [3.8, 4) is 0 Å². The van der Waals surface area contributed by atoms with Crippen LogP contribution in [0.2, 0.25) is 0 Å². The first-order valence-electron chi connectivity index (χ1n) is 8.90. The van der Waals surface area contributed by atoms with E-state index in [4.69, 9.17) is 4.74 Å². The second kappa shape index (κ2) is 8.12. The van der Waals surface area contributed by atoms with E-state index in [0.717, 1.165) is 38.5 Å². The summed E-state index contributed by atoms with van der Waals surface area (Å²) < 4.78 is 5.49. The number of ether oxygens (including phenoxy) is 1. The first-order chi connectivity index (χ1) is 11.7. The van der Waals surface area contributed by atoms with E-state index in [2.05, 4.69) is 22.1 Å². The Kier molecular flexibility index (Phi) is 5.89. The van der Waals surface area contributed by atoms with Crippen LogP contribution >= 0.6 is 11.3 Å². The number of nitrogens with one attached hydrogen (secondary N) is 2. The van der Waals surface area contributed by atoms with Crippen LogP contribution < -0.4 is 10.6 Å². The molecule has 2 amide bonds. The highest BCUT2D eigenvalue weighted by Gasteiger charge is 2.36. The average molecular weight is 350 g/mol. The Hall–Kier alpha value is -1.40. The molecule has 0 bridgehead atoms. The van der Waals surface area contributed by atoms with Crippen LogP contribution in [0.25, 0.3) is 0 Å². The SMILES string of the molecule is O=C(NCC1(c2cccs2)CCOCC1)C(=O)NC1CCCCC1. The van der Waals surface area contributed by atoms with Gasteiger partial charge < -0.3 is 15.4 Å². The van der Waals surface area contributed by atoms with Gasteiger partial charge in [0.1, 0.15) is 0 Å². The molecule has 2 fully saturated rings. The number of rotatable bonds is 4. The third-order valence-electron chi connectivity index (χ3n) is 5.23. The molecule has 1 saturated carbocycles. The number of hydrogen-bond donors (Lipinski definition) is 2. The molecule has 1 aliphatic carbocycles. The first kappa shape index (κ1) is 17.4. The summed E-state index contributed by atoms with van der Waals surface area (Å²) in [5, 5.41) is 7.81. The Labute approximate surface area is 147 Å². The zero-order valence-corrected chi connectivity index (χ0v) is 14.8. The van der Waals surface area contributed by atoms with Gasteiger partial charge in [-0.1, -0.05) is 25.3 Å². The van der Waals surface area contributed by atoms with Gasteiger partial charge in [0.2, 0.25) is 0 Å². The molecule has 5 nitrogen and oxygen atoms in total. The summed E-state index contributed by atoms with van der Waals surface area (Å²) in [6.07, 6.45) is 7.20. The fourth-order valence-electron chi connectivity index (χ4n) is 3.68. The van der Waals surface area contributed by atoms with Gasteiger partial charge in [-0.3, -0.25) is 9.59 Å². The third-order valence-corrected chi connectivity index (χ3v) is 6.34. The lowest BCUT2D eigenvalue weighted by molar-refractivity contribution is -0.140. The highest BCUT2D eigenvalue weighted by atomic mass is 32.1. The van der Waals surface area contributed by atoms with Crippen LogP contribution in [-0.2, 0) is 19.7 Å². The van der Waals surface area contributed by atoms with E-state index in [1.54, 1.807) is 11.3 Å². The molecule has 1 aromatic rings. The molecule has 3 rings (SSSR count). The van der Waals surface area contributed by atoms with Crippen LogP contribution in [-0.4, -0.2) is 37.6 Å². The van der Waals surface area contributed by atoms with E-state index in [9.17, 15) is 9.59 Å². The Balaban J connectivity index is 1.56. The van der Waals surface area contributed by atoms with E-state index in [-0.39, 0.29) is 11.5 Å². The second-order valence-corrected chi connectivity index (χ2v) is 7.81. The van der Waals surface area contributed by atoms with Crippen molar-refractivity contribution in [2.45, 2.75) is 56.4 Å². The van der Waals surface area contributed by atoms with Gasteiger partial charge in [-0.2, -0.15) is 0 Å². The maximum Gasteiger partial charge on any atom is 0.309 e. The van der Waals surface area contributed by atoms with Gasteiger partial charge in [-0.05, 0) is 37.1 Å². The van der Waals surface area contributed by atoms with Crippen molar-refractivity contribution in [3.63, 3.8) is 0 Å². The van der Waals surface area contributed by atoms with Crippen molar-refractivity contribution in [1.29, 1.82) is 0 Å². The summed E-state index contributed by atoms with van der Waals surface area (Å²) in [6.45, 7) is 1.89. The van der Waals surface area contributed by atoms with Gasteiger partial charge in [0.15, 0.2) is 0 Å². The quantitative estimate of drug-likeness (QED) is 0.819. The number of amides is 2. The zero-order chi connectivity index (χ0) is 16.8. The molecule has 6 heteroatoms. The van der Waals surface area contributed by atoms with E-state index in [0.29, 0.717) is 19.8 Å². The molecule has 1 saturated heterocycles. The van der Waals surface area contributed by atoms with Crippen LogP contribution in [0.15, 0.2) is 17.5 Å². The molecular weight excluding hydrogens is 324 g/mol. The topological polar surface area (TPSA) is 67.4 Å². The molecule has 2 aliphatic rings. The smallest absolute Gasteiger partial charge is 0.309 e. The first-order valence-corrected chi connectivity index (χ1v) is 9.78. The van der Waals surface area contributed by atoms with E-state index >= 15 is 0 Å². The molecule has 24 heavy (non-hydrogen) atoms. The lowest BCUT2D eigenvalue weighted by atomic mass is 9.78. The molecular formula is C18H26N2O3S. The predicted octanol–water partition coefficient (Wildman–Crippen LogP) is 2.36. The molecule has 1 aliphatic heterocycles. The summed E-state index contributed by atoms with van der Waals surface area (Å²) in [5.41, 5.74) is -0.104. The van der Waals surface area contributed by atoms with Crippen molar-refractivity contribution in [3.05, 3.63) is 22.4 Å². The zero-order valence-electron chi connectivity index (χ0n) is 14.0. The van der Waals surface area contributed by atoms with E-state index < -0.39 is 11.8 Å². The molecule has 0 atom stereocenters. The fourth-order valence-corrected chi connectivity index (χ4v) is 4.67.